The zero-order valence-corrected chi connectivity index (χ0v) is 16.4. The van der Waals surface area contributed by atoms with Gasteiger partial charge in [-0.3, -0.25) is 9.48 Å². The lowest BCUT2D eigenvalue weighted by molar-refractivity contribution is 0.0710. The first-order valence-electron chi connectivity index (χ1n) is 9.74. The summed E-state index contributed by atoms with van der Waals surface area (Å²) < 4.78 is 13.2. The van der Waals surface area contributed by atoms with Crippen molar-refractivity contribution in [3.8, 4) is 5.75 Å². The van der Waals surface area contributed by atoms with E-state index in [2.05, 4.69) is 0 Å². The van der Waals surface area contributed by atoms with Crippen LogP contribution in [0.3, 0.4) is 0 Å². The Morgan fingerprint density at radius 1 is 1.21 bits per heavy atom. The van der Waals surface area contributed by atoms with Crippen molar-refractivity contribution >= 4 is 5.91 Å². The molecule has 0 N–H and O–H groups in total. The smallest absolute Gasteiger partial charge is 0.258 e. The number of nitrogens with zero attached hydrogens (tertiary/aromatic N) is 3. The minimum atomic E-state index is -0.0853. The summed E-state index contributed by atoms with van der Waals surface area (Å²) in [4.78, 5) is 15.2. The summed E-state index contributed by atoms with van der Waals surface area (Å²) in [7, 11) is 1.98. The first-order chi connectivity index (χ1) is 13.7. The first kappa shape index (κ1) is 18.3. The third kappa shape index (κ3) is 3.54. The molecule has 1 aromatic carbocycles. The van der Waals surface area contributed by atoms with Gasteiger partial charge in [-0.1, -0.05) is 12.1 Å². The van der Waals surface area contributed by atoms with E-state index in [1.165, 1.54) is 11.3 Å². The fourth-order valence-corrected chi connectivity index (χ4v) is 3.89. The molecule has 0 saturated heterocycles. The van der Waals surface area contributed by atoms with Crippen LogP contribution >= 0.6 is 0 Å². The van der Waals surface area contributed by atoms with Crippen LogP contribution in [-0.2, 0) is 33.0 Å². The van der Waals surface area contributed by atoms with Crippen molar-refractivity contribution in [2.75, 3.05) is 6.61 Å². The molecule has 0 saturated carbocycles. The van der Waals surface area contributed by atoms with Crippen molar-refractivity contribution in [1.29, 1.82) is 0 Å². The van der Waals surface area contributed by atoms with Crippen molar-refractivity contribution in [1.82, 2.24) is 14.7 Å². The van der Waals surface area contributed by atoms with E-state index in [9.17, 15) is 4.79 Å². The summed E-state index contributed by atoms with van der Waals surface area (Å²) in [5.41, 5.74) is 4.11. The van der Waals surface area contributed by atoms with Gasteiger partial charge in [-0.05, 0) is 56.0 Å². The summed E-state index contributed by atoms with van der Waals surface area (Å²) in [6, 6.07) is 11.1. The largest absolute Gasteiger partial charge is 0.493 e. The molecule has 0 spiro atoms. The zero-order valence-electron chi connectivity index (χ0n) is 16.4. The van der Waals surface area contributed by atoms with Crippen LogP contribution in [0.1, 0.15) is 46.4 Å². The van der Waals surface area contributed by atoms with Gasteiger partial charge in [0, 0.05) is 12.7 Å². The first-order valence-corrected chi connectivity index (χ1v) is 9.74. The number of aryl methyl sites for hydroxylation is 1. The molecule has 1 amide bonds. The number of hydrogen-bond donors (Lipinski definition) is 0. The van der Waals surface area contributed by atoms with Crippen molar-refractivity contribution < 1.29 is 13.9 Å². The highest BCUT2D eigenvalue weighted by Crippen LogP contribution is 2.27. The normalized spacial score (nSPS) is 12.8. The second kappa shape index (κ2) is 7.92. The standard InChI is InChI=1S/C22H25N3O3/c1-3-27-21-12-5-4-9-18(21)22(26)25(14-16-8-7-13-28-16)15-19-17-10-6-11-20(17)24(2)23-19/h4-5,7-9,12-13H,3,6,10-11,14-15H2,1-2H3. The molecule has 4 rings (SSSR count). The number of carbonyl (C=O) groups excluding carboxylic acids is 1. The highest BCUT2D eigenvalue weighted by atomic mass is 16.5. The molecule has 2 heterocycles. The molecule has 0 radical (unpaired) electrons. The van der Waals surface area contributed by atoms with Crippen LogP contribution in [0.25, 0.3) is 0 Å². The molecule has 6 heteroatoms. The number of para-hydroxylation sites is 1. The Labute approximate surface area is 164 Å². The highest BCUT2D eigenvalue weighted by Gasteiger charge is 2.26. The van der Waals surface area contributed by atoms with E-state index in [1.54, 1.807) is 11.2 Å². The highest BCUT2D eigenvalue weighted by molar-refractivity contribution is 5.96. The average Bonchev–Trinajstić information content (AvgIpc) is 3.43. The van der Waals surface area contributed by atoms with Crippen LogP contribution in [0.4, 0.5) is 0 Å². The zero-order chi connectivity index (χ0) is 19.5. The second-order valence-electron chi connectivity index (χ2n) is 7.02. The summed E-state index contributed by atoms with van der Waals surface area (Å²) in [5, 5.41) is 4.70. The van der Waals surface area contributed by atoms with E-state index >= 15 is 0 Å². The third-order valence-corrected chi connectivity index (χ3v) is 5.17. The van der Waals surface area contributed by atoms with E-state index in [1.807, 2.05) is 55.1 Å². The number of hydrogen-bond acceptors (Lipinski definition) is 4. The van der Waals surface area contributed by atoms with Crippen molar-refractivity contribution in [3.63, 3.8) is 0 Å². The van der Waals surface area contributed by atoms with Crippen molar-refractivity contribution in [3.05, 3.63) is 70.9 Å². The monoisotopic (exact) mass is 379 g/mol. The van der Waals surface area contributed by atoms with E-state index in [4.69, 9.17) is 14.3 Å². The summed E-state index contributed by atoms with van der Waals surface area (Å²) in [5.74, 6) is 1.26. The Morgan fingerprint density at radius 2 is 2.07 bits per heavy atom. The lowest BCUT2D eigenvalue weighted by Gasteiger charge is -2.22. The van der Waals surface area contributed by atoms with E-state index < -0.39 is 0 Å². The van der Waals surface area contributed by atoms with Gasteiger partial charge in [-0.15, -0.1) is 0 Å². The summed E-state index contributed by atoms with van der Waals surface area (Å²) >= 11 is 0. The predicted molar refractivity (Wildman–Crippen MR) is 105 cm³/mol. The molecule has 0 aliphatic heterocycles. The van der Waals surface area contributed by atoms with Gasteiger partial charge in [-0.25, -0.2) is 0 Å². The molecular weight excluding hydrogens is 354 g/mol. The topological polar surface area (TPSA) is 60.5 Å². The number of amides is 1. The maximum atomic E-state index is 13.4. The molecule has 2 aromatic heterocycles. The predicted octanol–water partition coefficient (Wildman–Crippen LogP) is 3.74. The number of rotatable bonds is 7. The number of furan rings is 1. The Bertz CT molecular complexity index is 960. The number of fused-ring (bicyclic) bond motifs is 1. The fraction of sp³-hybridized carbons (Fsp3) is 0.364. The van der Waals surface area contributed by atoms with Gasteiger partial charge < -0.3 is 14.1 Å². The molecule has 3 aromatic rings. The quantitative estimate of drug-likeness (QED) is 0.627. The van der Waals surface area contributed by atoms with Crippen LogP contribution in [0.15, 0.2) is 47.1 Å². The van der Waals surface area contributed by atoms with Crippen LogP contribution in [0.5, 0.6) is 5.75 Å². The Hall–Kier alpha value is -3.02. The molecule has 0 fully saturated rings. The maximum Gasteiger partial charge on any atom is 0.258 e. The minimum absolute atomic E-state index is 0.0853. The molecule has 1 aliphatic rings. The fourth-order valence-electron chi connectivity index (χ4n) is 3.89. The lowest BCUT2D eigenvalue weighted by atomic mass is 10.1. The van der Waals surface area contributed by atoms with Crippen LogP contribution in [0.2, 0.25) is 0 Å². The van der Waals surface area contributed by atoms with Gasteiger partial charge in [0.15, 0.2) is 0 Å². The van der Waals surface area contributed by atoms with Crippen molar-refractivity contribution in [2.45, 2.75) is 39.3 Å². The molecule has 0 bridgehead atoms. The second-order valence-corrected chi connectivity index (χ2v) is 7.02. The van der Waals surface area contributed by atoms with Gasteiger partial charge >= 0.3 is 0 Å². The molecule has 28 heavy (non-hydrogen) atoms. The van der Waals surface area contributed by atoms with E-state index in [-0.39, 0.29) is 5.91 Å². The van der Waals surface area contributed by atoms with Gasteiger partial charge in [0.25, 0.3) is 5.91 Å². The van der Waals surface area contributed by atoms with Crippen LogP contribution in [0, 0.1) is 0 Å². The van der Waals surface area contributed by atoms with Gasteiger partial charge in [-0.2, -0.15) is 5.10 Å². The van der Waals surface area contributed by atoms with Crippen LogP contribution in [-0.4, -0.2) is 27.2 Å². The molecule has 0 unspecified atom stereocenters. The number of benzene rings is 1. The van der Waals surface area contributed by atoms with Crippen molar-refractivity contribution in [2.24, 2.45) is 7.05 Å². The van der Waals surface area contributed by atoms with Crippen LogP contribution < -0.4 is 4.74 Å². The summed E-state index contributed by atoms with van der Waals surface area (Å²) in [6.07, 6.45) is 4.85. The third-order valence-electron chi connectivity index (χ3n) is 5.17. The Morgan fingerprint density at radius 3 is 2.86 bits per heavy atom. The SMILES string of the molecule is CCOc1ccccc1C(=O)N(Cc1ccco1)Cc1nn(C)c2c1CCC2. The van der Waals surface area contributed by atoms with Gasteiger partial charge in [0.1, 0.15) is 11.5 Å². The molecule has 1 aliphatic carbocycles. The molecule has 146 valence electrons. The number of ether oxygens (including phenoxy) is 1. The number of carbonyl (C=O) groups is 1. The van der Waals surface area contributed by atoms with E-state index in [0.29, 0.717) is 31.0 Å². The lowest BCUT2D eigenvalue weighted by Crippen LogP contribution is -2.31. The minimum Gasteiger partial charge on any atom is -0.493 e. The summed E-state index contributed by atoms with van der Waals surface area (Å²) in [6.45, 7) is 3.26. The maximum absolute atomic E-state index is 13.4. The molecule has 0 atom stereocenters. The van der Waals surface area contributed by atoms with Gasteiger partial charge in [0.2, 0.25) is 0 Å². The Kier molecular flexibility index (Phi) is 5.19. The van der Waals surface area contributed by atoms with Gasteiger partial charge in [0.05, 0.1) is 37.2 Å². The average molecular weight is 379 g/mol. The Balaban J connectivity index is 1.66. The molecule has 6 nitrogen and oxygen atoms in total. The molecular formula is C22H25N3O3. The van der Waals surface area contributed by atoms with E-state index in [0.717, 1.165) is 30.7 Å². The number of aromatic nitrogens is 2.